The quantitative estimate of drug-likeness (QED) is 0.826. The topological polar surface area (TPSA) is 49.8 Å². The monoisotopic (exact) mass is 279 g/mol. The lowest BCUT2D eigenvalue weighted by molar-refractivity contribution is 0.0702. The SMILES string of the molecule is CCN(CCOC)C(=O)c1cc(C#CCO)ccc1F. The molecule has 0 bridgehead atoms. The second-order valence-electron chi connectivity index (χ2n) is 4.03. The van der Waals surface area contributed by atoms with Crippen LogP contribution in [0.25, 0.3) is 0 Å². The number of aliphatic hydroxyl groups excluding tert-OH is 1. The van der Waals surface area contributed by atoms with E-state index in [4.69, 9.17) is 9.84 Å². The van der Waals surface area contributed by atoms with Crippen molar-refractivity contribution in [1.82, 2.24) is 4.90 Å². The Kier molecular flexibility index (Phi) is 6.71. The molecule has 1 rings (SSSR count). The number of carbonyl (C=O) groups is 1. The average Bonchev–Trinajstić information content (AvgIpc) is 2.47. The van der Waals surface area contributed by atoms with Crippen LogP contribution in [0.15, 0.2) is 18.2 Å². The molecule has 1 aromatic rings. The zero-order valence-corrected chi connectivity index (χ0v) is 11.6. The number of carbonyl (C=O) groups excluding carboxylic acids is 1. The van der Waals surface area contributed by atoms with Crippen LogP contribution in [-0.2, 0) is 4.74 Å². The number of nitrogens with zero attached hydrogens (tertiary/aromatic N) is 1. The first kappa shape index (κ1) is 16.2. The maximum atomic E-state index is 13.8. The first-order valence-corrected chi connectivity index (χ1v) is 6.31. The van der Waals surface area contributed by atoms with Crippen LogP contribution < -0.4 is 0 Å². The molecule has 0 spiro atoms. The number of halogens is 1. The Morgan fingerprint density at radius 2 is 2.25 bits per heavy atom. The molecule has 0 aliphatic heterocycles. The van der Waals surface area contributed by atoms with E-state index in [9.17, 15) is 9.18 Å². The van der Waals surface area contributed by atoms with Crippen LogP contribution in [-0.4, -0.2) is 49.3 Å². The molecule has 1 N–H and O–H groups in total. The minimum atomic E-state index is -0.583. The summed E-state index contributed by atoms with van der Waals surface area (Å²) in [4.78, 5) is 13.8. The Labute approximate surface area is 118 Å². The highest BCUT2D eigenvalue weighted by atomic mass is 19.1. The molecule has 0 aromatic heterocycles. The van der Waals surface area contributed by atoms with E-state index < -0.39 is 11.7 Å². The molecule has 0 fully saturated rings. The summed E-state index contributed by atoms with van der Waals surface area (Å²) in [7, 11) is 1.55. The van der Waals surface area contributed by atoms with Gasteiger partial charge in [0.05, 0.1) is 12.2 Å². The van der Waals surface area contributed by atoms with Gasteiger partial charge in [0.2, 0.25) is 0 Å². The fraction of sp³-hybridized carbons (Fsp3) is 0.400. The molecule has 0 aliphatic carbocycles. The molecule has 0 saturated carbocycles. The average molecular weight is 279 g/mol. The minimum absolute atomic E-state index is 0.0207. The van der Waals surface area contributed by atoms with Crippen LogP contribution >= 0.6 is 0 Å². The summed E-state index contributed by atoms with van der Waals surface area (Å²) in [6.07, 6.45) is 0. The summed E-state index contributed by atoms with van der Waals surface area (Å²) >= 11 is 0. The van der Waals surface area contributed by atoms with Gasteiger partial charge < -0.3 is 14.7 Å². The maximum absolute atomic E-state index is 13.8. The van der Waals surface area contributed by atoms with E-state index in [1.165, 1.54) is 23.1 Å². The smallest absolute Gasteiger partial charge is 0.256 e. The summed E-state index contributed by atoms with van der Waals surface area (Å²) < 4.78 is 18.7. The van der Waals surface area contributed by atoms with Gasteiger partial charge in [0.25, 0.3) is 5.91 Å². The Morgan fingerprint density at radius 1 is 1.50 bits per heavy atom. The number of amides is 1. The van der Waals surface area contributed by atoms with E-state index in [-0.39, 0.29) is 12.2 Å². The van der Waals surface area contributed by atoms with Crippen molar-refractivity contribution in [3.05, 3.63) is 35.1 Å². The predicted octanol–water partition coefficient (Wildman–Crippen LogP) is 1.28. The number of benzene rings is 1. The van der Waals surface area contributed by atoms with Crippen LogP contribution in [0.2, 0.25) is 0 Å². The minimum Gasteiger partial charge on any atom is -0.384 e. The lowest BCUT2D eigenvalue weighted by Crippen LogP contribution is -2.34. The van der Waals surface area contributed by atoms with Gasteiger partial charge in [0.15, 0.2) is 0 Å². The molecule has 0 unspecified atom stereocenters. The first-order chi connectivity index (χ1) is 9.63. The van der Waals surface area contributed by atoms with Crippen molar-refractivity contribution in [2.24, 2.45) is 0 Å². The summed E-state index contributed by atoms with van der Waals surface area (Å²) in [6, 6.07) is 4.08. The molecule has 1 aromatic carbocycles. The van der Waals surface area contributed by atoms with Gasteiger partial charge in [-0.2, -0.15) is 0 Å². The van der Waals surface area contributed by atoms with Gasteiger partial charge >= 0.3 is 0 Å². The van der Waals surface area contributed by atoms with Crippen molar-refractivity contribution in [2.75, 3.05) is 33.4 Å². The van der Waals surface area contributed by atoms with Crippen molar-refractivity contribution in [3.8, 4) is 11.8 Å². The lowest BCUT2D eigenvalue weighted by atomic mass is 10.1. The number of methoxy groups -OCH3 is 1. The summed E-state index contributed by atoms with van der Waals surface area (Å²) in [5, 5.41) is 8.65. The van der Waals surface area contributed by atoms with Crippen molar-refractivity contribution < 1.29 is 19.0 Å². The molecular weight excluding hydrogens is 261 g/mol. The van der Waals surface area contributed by atoms with E-state index in [1.54, 1.807) is 7.11 Å². The zero-order chi connectivity index (χ0) is 15.0. The van der Waals surface area contributed by atoms with E-state index in [2.05, 4.69) is 11.8 Å². The first-order valence-electron chi connectivity index (χ1n) is 6.31. The zero-order valence-electron chi connectivity index (χ0n) is 11.6. The van der Waals surface area contributed by atoms with Crippen molar-refractivity contribution in [1.29, 1.82) is 0 Å². The Balaban J connectivity index is 3.00. The van der Waals surface area contributed by atoms with Crippen LogP contribution in [0.5, 0.6) is 0 Å². The molecule has 1 amide bonds. The number of hydrogen-bond acceptors (Lipinski definition) is 3. The van der Waals surface area contributed by atoms with Gasteiger partial charge in [-0.1, -0.05) is 11.8 Å². The van der Waals surface area contributed by atoms with Gasteiger partial charge in [0.1, 0.15) is 12.4 Å². The normalized spacial score (nSPS) is 9.80. The standard InChI is InChI=1S/C15H18FNO3/c1-3-17(8-10-20-2)15(19)13-11-12(5-4-9-18)6-7-14(13)16/h6-7,11,18H,3,8-10H2,1-2H3. The van der Waals surface area contributed by atoms with Crippen LogP contribution in [0, 0.1) is 17.7 Å². The van der Waals surface area contributed by atoms with E-state index in [0.29, 0.717) is 25.3 Å². The van der Waals surface area contributed by atoms with Gasteiger partial charge in [0, 0.05) is 25.8 Å². The fourth-order valence-corrected chi connectivity index (χ4v) is 1.68. The number of rotatable bonds is 5. The second-order valence-corrected chi connectivity index (χ2v) is 4.03. The van der Waals surface area contributed by atoms with Crippen molar-refractivity contribution >= 4 is 5.91 Å². The molecule has 0 heterocycles. The summed E-state index contributed by atoms with van der Waals surface area (Å²) in [5.74, 6) is 4.14. The Hall–Kier alpha value is -1.90. The predicted molar refractivity (Wildman–Crippen MR) is 73.8 cm³/mol. The third kappa shape index (κ3) is 4.34. The second kappa shape index (κ2) is 8.31. The molecule has 20 heavy (non-hydrogen) atoms. The Morgan fingerprint density at radius 3 is 2.85 bits per heavy atom. The van der Waals surface area contributed by atoms with Crippen LogP contribution in [0.3, 0.4) is 0 Å². The molecule has 108 valence electrons. The number of likely N-dealkylation sites (N-methyl/N-ethyl adjacent to an activating group) is 1. The van der Waals surface area contributed by atoms with Crippen LogP contribution in [0.1, 0.15) is 22.8 Å². The van der Waals surface area contributed by atoms with Gasteiger partial charge in [-0.3, -0.25) is 4.79 Å². The van der Waals surface area contributed by atoms with Gasteiger partial charge in [-0.15, -0.1) is 0 Å². The summed E-state index contributed by atoms with van der Waals surface area (Å²) in [5.41, 5.74) is 0.472. The van der Waals surface area contributed by atoms with Gasteiger partial charge in [-0.05, 0) is 25.1 Å². The number of ether oxygens (including phenoxy) is 1. The maximum Gasteiger partial charge on any atom is 0.256 e. The highest BCUT2D eigenvalue weighted by Gasteiger charge is 2.18. The fourth-order valence-electron chi connectivity index (χ4n) is 1.68. The van der Waals surface area contributed by atoms with Crippen LogP contribution in [0.4, 0.5) is 4.39 Å². The van der Waals surface area contributed by atoms with Crippen molar-refractivity contribution in [3.63, 3.8) is 0 Å². The molecule has 5 heteroatoms. The summed E-state index contributed by atoms with van der Waals surface area (Å²) in [6.45, 7) is 2.80. The number of hydrogen-bond donors (Lipinski definition) is 1. The Bertz CT molecular complexity index is 520. The molecule has 0 atom stereocenters. The largest absolute Gasteiger partial charge is 0.384 e. The molecule has 0 saturated heterocycles. The number of aliphatic hydroxyl groups is 1. The lowest BCUT2D eigenvalue weighted by Gasteiger charge is -2.20. The van der Waals surface area contributed by atoms with E-state index in [1.807, 2.05) is 6.92 Å². The third-order valence-corrected chi connectivity index (χ3v) is 2.74. The molecule has 0 aliphatic rings. The molecule has 0 radical (unpaired) electrons. The highest BCUT2D eigenvalue weighted by molar-refractivity contribution is 5.94. The third-order valence-electron chi connectivity index (χ3n) is 2.74. The highest BCUT2D eigenvalue weighted by Crippen LogP contribution is 2.13. The molecular formula is C15H18FNO3. The van der Waals surface area contributed by atoms with E-state index >= 15 is 0 Å². The van der Waals surface area contributed by atoms with Gasteiger partial charge in [-0.25, -0.2) is 4.39 Å². The van der Waals surface area contributed by atoms with Crippen molar-refractivity contribution in [2.45, 2.75) is 6.92 Å². The van der Waals surface area contributed by atoms with E-state index in [0.717, 1.165) is 0 Å². The molecule has 4 nitrogen and oxygen atoms in total.